The highest BCUT2D eigenvalue weighted by atomic mass is 35.5. The first-order valence-electron chi connectivity index (χ1n) is 7.44. The molecule has 0 aliphatic heterocycles. The lowest BCUT2D eigenvalue weighted by Crippen LogP contribution is -2.40. The summed E-state index contributed by atoms with van der Waals surface area (Å²) in [5, 5.41) is 28.7. The Balaban J connectivity index is 0. The molecular weight excluding hydrogens is 266 g/mol. The molecule has 0 aliphatic rings. The van der Waals surface area contributed by atoms with Crippen LogP contribution in [0.5, 0.6) is 0 Å². The average molecular weight is 298 g/mol. The maximum absolute atomic E-state index is 8.63. The van der Waals surface area contributed by atoms with Crippen molar-refractivity contribution >= 4 is 12.4 Å². The maximum Gasteiger partial charge on any atom is 0.288 e. The zero-order valence-electron chi connectivity index (χ0n) is 12.2. The molecule has 0 aromatic heterocycles. The van der Waals surface area contributed by atoms with Crippen LogP contribution < -0.4 is 5.32 Å². The van der Waals surface area contributed by atoms with Crippen molar-refractivity contribution in [2.45, 2.75) is 77.1 Å². The second kappa shape index (κ2) is 14.5. The number of hydrogen-bond acceptors (Lipinski definition) is 4. The van der Waals surface area contributed by atoms with Crippen LogP contribution in [0.1, 0.15) is 71.1 Å². The highest BCUT2D eigenvalue weighted by Crippen LogP contribution is 2.10. The third-order valence-corrected chi connectivity index (χ3v) is 3.07. The summed E-state index contributed by atoms with van der Waals surface area (Å²) in [7, 11) is 0. The molecule has 0 aliphatic carbocycles. The van der Waals surface area contributed by atoms with E-state index in [1.807, 2.05) is 0 Å². The highest BCUT2D eigenvalue weighted by molar-refractivity contribution is 5.85. The van der Waals surface area contributed by atoms with Gasteiger partial charge in [-0.3, -0.25) is 0 Å². The fourth-order valence-electron chi connectivity index (χ4n) is 1.99. The van der Waals surface area contributed by atoms with Crippen LogP contribution in [0.2, 0.25) is 0 Å². The van der Waals surface area contributed by atoms with Crippen molar-refractivity contribution in [3.63, 3.8) is 0 Å². The Kier molecular flexibility index (Phi) is 16.4. The molecule has 4 nitrogen and oxygen atoms in total. The minimum Gasteiger partial charge on any atom is -0.343 e. The van der Waals surface area contributed by atoms with E-state index in [0.29, 0.717) is 0 Å². The quantitative estimate of drug-likeness (QED) is 0.311. The van der Waals surface area contributed by atoms with E-state index in [1.165, 1.54) is 51.4 Å². The Hall–Kier alpha value is 0.130. The van der Waals surface area contributed by atoms with Crippen LogP contribution in [0.3, 0.4) is 0 Å². The molecule has 5 heteroatoms. The highest BCUT2D eigenvalue weighted by Gasteiger charge is 2.15. The molecule has 118 valence electrons. The van der Waals surface area contributed by atoms with Crippen LogP contribution in [0, 0.1) is 0 Å². The molecule has 0 unspecified atom stereocenters. The van der Waals surface area contributed by atoms with Crippen molar-refractivity contribution in [3.8, 4) is 0 Å². The Bertz CT molecular complexity index is 175. The standard InChI is InChI=1S/C14H31NO3.ClH/c1-2-3-4-5-6-7-8-9-10-11-12-15-13-14(16,17)18;/h15-18H,2-13H2,1H3;1H. The molecule has 0 bridgehead atoms. The number of rotatable bonds is 13. The number of unbranched alkanes of at least 4 members (excludes halogenated alkanes) is 9. The Labute approximate surface area is 124 Å². The van der Waals surface area contributed by atoms with E-state index in [9.17, 15) is 0 Å². The molecule has 0 atom stereocenters. The van der Waals surface area contributed by atoms with E-state index in [2.05, 4.69) is 12.2 Å². The topological polar surface area (TPSA) is 72.7 Å². The second-order valence-electron chi connectivity index (χ2n) is 5.13. The molecule has 0 fully saturated rings. The first-order valence-corrected chi connectivity index (χ1v) is 7.44. The van der Waals surface area contributed by atoms with Crippen molar-refractivity contribution in [3.05, 3.63) is 0 Å². The fourth-order valence-corrected chi connectivity index (χ4v) is 1.99. The summed E-state index contributed by atoms with van der Waals surface area (Å²) in [6.45, 7) is 2.77. The molecule has 19 heavy (non-hydrogen) atoms. The first-order chi connectivity index (χ1) is 8.56. The fraction of sp³-hybridized carbons (Fsp3) is 1.00. The van der Waals surface area contributed by atoms with Crippen LogP contribution in [0.4, 0.5) is 0 Å². The minimum absolute atomic E-state index is 0. The Morgan fingerprint density at radius 2 is 1.16 bits per heavy atom. The normalized spacial score (nSPS) is 11.4. The third-order valence-electron chi connectivity index (χ3n) is 3.07. The molecule has 0 saturated carbocycles. The summed E-state index contributed by atoms with van der Waals surface area (Å²) in [4.78, 5) is 0. The molecule has 0 aromatic rings. The van der Waals surface area contributed by atoms with Gasteiger partial charge in [0.2, 0.25) is 0 Å². The van der Waals surface area contributed by atoms with Gasteiger partial charge in [-0.15, -0.1) is 12.4 Å². The lowest BCUT2D eigenvalue weighted by Gasteiger charge is -2.14. The van der Waals surface area contributed by atoms with Crippen molar-refractivity contribution < 1.29 is 15.3 Å². The number of aliphatic hydroxyl groups is 3. The molecule has 0 heterocycles. The van der Waals surface area contributed by atoms with Crippen LogP contribution >= 0.6 is 12.4 Å². The lowest BCUT2D eigenvalue weighted by molar-refractivity contribution is -0.306. The summed E-state index contributed by atoms with van der Waals surface area (Å²) in [5.41, 5.74) is 0. The van der Waals surface area contributed by atoms with Crippen LogP contribution in [0.25, 0.3) is 0 Å². The molecule has 0 amide bonds. The smallest absolute Gasteiger partial charge is 0.288 e. The van der Waals surface area contributed by atoms with Crippen molar-refractivity contribution in [1.29, 1.82) is 0 Å². The molecular formula is C14H32ClNO3. The Morgan fingerprint density at radius 1 is 0.737 bits per heavy atom. The lowest BCUT2D eigenvalue weighted by atomic mass is 10.1. The van der Waals surface area contributed by atoms with Gasteiger partial charge in [0.25, 0.3) is 5.97 Å². The van der Waals surface area contributed by atoms with Crippen molar-refractivity contribution in [1.82, 2.24) is 5.32 Å². The average Bonchev–Trinajstić information content (AvgIpc) is 2.29. The zero-order valence-corrected chi connectivity index (χ0v) is 13.1. The first kappa shape index (κ1) is 21.4. The summed E-state index contributed by atoms with van der Waals surface area (Å²) in [6.07, 6.45) is 12.9. The van der Waals surface area contributed by atoms with Gasteiger partial charge >= 0.3 is 0 Å². The molecule has 0 radical (unpaired) electrons. The largest absolute Gasteiger partial charge is 0.343 e. The number of halogens is 1. The maximum atomic E-state index is 8.63. The Morgan fingerprint density at radius 3 is 1.58 bits per heavy atom. The van der Waals surface area contributed by atoms with Gasteiger partial charge in [0.05, 0.1) is 6.54 Å². The van der Waals surface area contributed by atoms with Crippen molar-refractivity contribution in [2.24, 2.45) is 0 Å². The third kappa shape index (κ3) is 20.6. The predicted octanol–water partition coefficient (Wildman–Crippen LogP) is 2.55. The summed E-state index contributed by atoms with van der Waals surface area (Å²) in [5.74, 6) is -2.57. The van der Waals surface area contributed by atoms with E-state index in [1.54, 1.807) is 0 Å². The molecule has 0 saturated heterocycles. The van der Waals surface area contributed by atoms with E-state index < -0.39 is 5.97 Å². The molecule has 0 rings (SSSR count). The predicted molar refractivity (Wildman–Crippen MR) is 81.3 cm³/mol. The van der Waals surface area contributed by atoms with Gasteiger partial charge < -0.3 is 20.6 Å². The number of hydrogen-bond donors (Lipinski definition) is 4. The summed E-state index contributed by atoms with van der Waals surface area (Å²) >= 11 is 0. The van der Waals surface area contributed by atoms with E-state index >= 15 is 0 Å². The van der Waals surface area contributed by atoms with Gasteiger partial charge in [0, 0.05) is 0 Å². The number of nitrogens with one attached hydrogen (secondary N) is 1. The van der Waals surface area contributed by atoms with Crippen LogP contribution in [-0.4, -0.2) is 34.4 Å². The summed E-state index contributed by atoms with van der Waals surface area (Å²) in [6, 6.07) is 0. The monoisotopic (exact) mass is 297 g/mol. The summed E-state index contributed by atoms with van der Waals surface area (Å²) < 4.78 is 0. The molecule has 4 N–H and O–H groups in total. The van der Waals surface area contributed by atoms with Gasteiger partial charge in [-0.1, -0.05) is 64.7 Å². The van der Waals surface area contributed by atoms with Gasteiger partial charge in [-0.2, -0.15) is 0 Å². The van der Waals surface area contributed by atoms with Gasteiger partial charge in [-0.05, 0) is 13.0 Å². The van der Waals surface area contributed by atoms with Crippen LogP contribution in [0.15, 0.2) is 0 Å². The van der Waals surface area contributed by atoms with Gasteiger partial charge in [0.15, 0.2) is 0 Å². The van der Waals surface area contributed by atoms with E-state index in [0.717, 1.165) is 19.4 Å². The minimum atomic E-state index is -2.57. The van der Waals surface area contributed by atoms with E-state index in [4.69, 9.17) is 15.3 Å². The van der Waals surface area contributed by atoms with E-state index in [-0.39, 0.29) is 19.0 Å². The molecule has 0 aromatic carbocycles. The van der Waals surface area contributed by atoms with Gasteiger partial charge in [0.1, 0.15) is 0 Å². The molecule has 0 spiro atoms. The van der Waals surface area contributed by atoms with Crippen molar-refractivity contribution in [2.75, 3.05) is 13.1 Å². The second-order valence-corrected chi connectivity index (χ2v) is 5.13. The zero-order chi connectivity index (χ0) is 13.7. The SMILES string of the molecule is CCCCCCCCCCCCNCC(O)(O)O.Cl. The van der Waals surface area contributed by atoms with Crippen LogP contribution in [-0.2, 0) is 0 Å². The van der Waals surface area contributed by atoms with Gasteiger partial charge in [-0.25, -0.2) is 0 Å².